The fourth-order valence-electron chi connectivity index (χ4n) is 3.18. The van der Waals surface area contributed by atoms with E-state index < -0.39 is 0 Å². The molecule has 1 aliphatic rings. The number of rotatable bonds is 5. The van der Waals surface area contributed by atoms with E-state index in [1.807, 2.05) is 0 Å². The summed E-state index contributed by atoms with van der Waals surface area (Å²) >= 11 is 9.15. The van der Waals surface area contributed by atoms with Crippen molar-refractivity contribution < 1.29 is 0 Å². The quantitative estimate of drug-likeness (QED) is 0.616. The van der Waals surface area contributed by atoms with Crippen LogP contribution in [0.25, 0.3) is 0 Å². The zero-order valence-electron chi connectivity index (χ0n) is 11.7. The summed E-state index contributed by atoms with van der Waals surface area (Å²) in [5.74, 6) is 1.67. The minimum Gasteiger partial charge on any atom is -0.310 e. The molecule has 19 heavy (non-hydrogen) atoms. The molecule has 2 rings (SSSR count). The Morgan fingerprint density at radius 2 is 2.21 bits per heavy atom. The number of thiophene rings is 1. The molecule has 0 amide bonds. The van der Waals surface area contributed by atoms with Crippen LogP contribution in [-0.2, 0) is 0 Å². The van der Waals surface area contributed by atoms with Crippen molar-refractivity contribution in [1.82, 2.24) is 5.32 Å². The van der Waals surface area contributed by atoms with Crippen LogP contribution < -0.4 is 5.32 Å². The van der Waals surface area contributed by atoms with Gasteiger partial charge in [-0.05, 0) is 81.1 Å². The molecule has 108 valence electrons. The van der Waals surface area contributed by atoms with Crippen LogP contribution >= 0.6 is 43.2 Å². The molecular formula is C15H23Br2NS. The average Bonchev–Trinajstić information content (AvgIpc) is 2.69. The average molecular weight is 409 g/mol. The molecule has 1 heterocycles. The summed E-state index contributed by atoms with van der Waals surface area (Å²) in [6.07, 6.45) is 6.72. The lowest BCUT2D eigenvalue weighted by atomic mass is 9.77. The lowest BCUT2D eigenvalue weighted by molar-refractivity contribution is 0.223. The van der Waals surface area contributed by atoms with Crippen LogP contribution in [-0.4, -0.2) is 6.54 Å². The van der Waals surface area contributed by atoms with Gasteiger partial charge in [0.25, 0.3) is 0 Å². The highest BCUT2D eigenvalue weighted by molar-refractivity contribution is 9.12. The zero-order chi connectivity index (χ0) is 13.8. The maximum atomic E-state index is 3.79. The van der Waals surface area contributed by atoms with E-state index in [0.717, 1.165) is 18.4 Å². The monoisotopic (exact) mass is 407 g/mol. The van der Waals surface area contributed by atoms with E-state index in [2.05, 4.69) is 57.1 Å². The summed E-state index contributed by atoms with van der Waals surface area (Å²) in [4.78, 5) is 0. The topological polar surface area (TPSA) is 12.0 Å². The van der Waals surface area contributed by atoms with E-state index >= 15 is 0 Å². The summed E-state index contributed by atoms with van der Waals surface area (Å²) in [5, 5.41) is 3.79. The highest BCUT2D eigenvalue weighted by Crippen LogP contribution is 2.43. The SMILES string of the molecule is CCCNC(c1cc(Br)sc1Br)C1CCCC(C)C1. The molecule has 3 unspecified atom stereocenters. The van der Waals surface area contributed by atoms with Crippen molar-refractivity contribution in [2.75, 3.05) is 6.54 Å². The maximum Gasteiger partial charge on any atom is 0.0758 e. The van der Waals surface area contributed by atoms with Crippen LogP contribution in [0.2, 0.25) is 0 Å². The Balaban J connectivity index is 2.17. The van der Waals surface area contributed by atoms with Gasteiger partial charge >= 0.3 is 0 Å². The van der Waals surface area contributed by atoms with Crippen molar-refractivity contribution in [3.8, 4) is 0 Å². The zero-order valence-corrected chi connectivity index (χ0v) is 15.7. The van der Waals surface area contributed by atoms with Gasteiger partial charge in [0.15, 0.2) is 0 Å². The summed E-state index contributed by atoms with van der Waals surface area (Å²) in [6.45, 7) is 5.75. The molecule has 1 nitrogen and oxygen atoms in total. The Kier molecular flexibility index (Phi) is 6.38. The minimum absolute atomic E-state index is 0.514. The van der Waals surface area contributed by atoms with Gasteiger partial charge in [0.2, 0.25) is 0 Å². The standard InChI is InChI=1S/C15H23Br2NS/c1-3-7-18-14(11-6-4-5-10(2)8-11)12-9-13(16)19-15(12)17/h9-11,14,18H,3-8H2,1-2H3. The molecule has 0 spiro atoms. The largest absolute Gasteiger partial charge is 0.310 e. The fraction of sp³-hybridized carbons (Fsp3) is 0.733. The first kappa shape index (κ1) is 16.0. The second-order valence-corrected chi connectivity index (χ2v) is 9.49. The number of nitrogens with one attached hydrogen (secondary N) is 1. The molecule has 0 aromatic carbocycles. The van der Waals surface area contributed by atoms with Crippen molar-refractivity contribution >= 4 is 43.2 Å². The van der Waals surface area contributed by atoms with E-state index in [1.165, 1.54) is 45.2 Å². The van der Waals surface area contributed by atoms with E-state index in [1.54, 1.807) is 11.3 Å². The van der Waals surface area contributed by atoms with Gasteiger partial charge in [0, 0.05) is 6.04 Å². The number of halogens is 2. The molecule has 0 aliphatic heterocycles. The molecule has 1 saturated carbocycles. The molecule has 0 bridgehead atoms. The van der Waals surface area contributed by atoms with Crippen molar-refractivity contribution in [2.45, 2.75) is 52.0 Å². The molecule has 1 aromatic rings. The Morgan fingerprint density at radius 3 is 2.79 bits per heavy atom. The first-order valence-corrected chi connectivity index (χ1v) is 9.70. The van der Waals surface area contributed by atoms with E-state index in [4.69, 9.17) is 0 Å². The Labute approximate surface area is 137 Å². The lowest BCUT2D eigenvalue weighted by Crippen LogP contribution is -2.31. The molecule has 0 saturated heterocycles. The molecule has 1 aliphatic carbocycles. The van der Waals surface area contributed by atoms with Gasteiger partial charge < -0.3 is 5.32 Å². The van der Waals surface area contributed by atoms with Crippen LogP contribution in [0.3, 0.4) is 0 Å². The van der Waals surface area contributed by atoms with Gasteiger partial charge in [-0.15, -0.1) is 11.3 Å². The Bertz CT molecular complexity index is 405. The van der Waals surface area contributed by atoms with E-state index in [-0.39, 0.29) is 0 Å². The van der Waals surface area contributed by atoms with Gasteiger partial charge in [-0.2, -0.15) is 0 Å². The fourth-order valence-corrected chi connectivity index (χ4v) is 6.11. The van der Waals surface area contributed by atoms with Gasteiger partial charge in [-0.3, -0.25) is 0 Å². The maximum absolute atomic E-state index is 3.79. The van der Waals surface area contributed by atoms with E-state index in [0.29, 0.717) is 6.04 Å². The molecule has 1 N–H and O–H groups in total. The van der Waals surface area contributed by atoms with Gasteiger partial charge in [0.05, 0.1) is 7.57 Å². The summed E-state index contributed by atoms with van der Waals surface area (Å²) in [5.41, 5.74) is 1.45. The van der Waals surface area contributed by atoms with Gasteiger partial charge in [0.1, 0.15) is 0 Å². The highest BCUT2D eigenvalue weighted by atomic mass is 79.9. The molecule has 1 fully saturated rings. The molecule has 1 aromatic heterocycles. The summed E-state index contributed by atoms with van der Waals surface area (Å²) in [7, 11) is 0. The number of hydrogen-bond donors (Lipinski definition) is 1. The van der Waals surface area contributed by atoms with Crippen molar-refractivity contribution in [2.24, 2.45) is 11.8 Å². The third kappa shape index (κ3) is 4.29. The van der Waals surface area contributed by atoms with Gasteiger partial charge in [-0.1, -0.05) is 26.7 Å². The first-order valence-electron chi connectivity index (χ1n) is 7.30. The van der Waals surface area contributed by atoms with Crippen molar-refractivity contribution in [1.29, 1.82) is 0 Å². The second kappa shape index (κ2) is 7.58. The molecule has 4 heteroatoms. The second-order valence-electron chi connectivity index (χ2n) is 5.74. The van der Waals surface area contributed by atoms with Crippen LogP contribution in [0.4, 0.5) is 0 Å². The van der Waals surface area contributed by atoms with Crippen molar-refractivity contribution in [3.63, 3.8) is 0 Å². The first-order chi connectivity index (χ1) is 9.11. The van der Waals surface area contributed by atoms with Crippen molar-refractivity contribution in [3.05, 3.63) is 19.2 Å². The number of hydrogen-bond acceptors (Lipinski definition) is 2. The third-order valence-electron chi connectivity index (χ3n) is 4.08. The molecule has 0 radical (unpaired) electrons. The van der Waals surface area contributed by atoms with E-state index in [9.17, 15) is 0 Å². The predicted molar refractivity (Wildman–Crippen MR) is 91.9 cm³/mol. The third-order valence-corrected chi connectivity index (χ3v) is 6.47. The highest BCUT2D eigenvalue weighted by Gasteiger charge is 2.29. The molecular weight excluding hydrogens is 386 g/mol. The van der Waals surface area contributed by atoms with Crippen LogP contribution in [0, 0.1) is 11.8 Å². The minimum atomic E-state index is 0.514. The van der Waals surface area contributed by atoms with Crippen LogP contribution in [0.1, 0.15) is 57.6 Å². The lowest BCUT2D eigenvalue weighted by Gasteiger charge is -2.34. The Hall–Kier alpha value is 0.620. The summed E-state index contributed by atoms with van der Waals surface area (Å²) < 4.78 is 2.51. The predicted octanol–water partition coefficient (Wildman–Crippen LogP) is 6.14. The van der Waals surface area contributed by atoms with Crippen LogP contribution in [0.15, 0.2) is 13.6 Å². The van der Waals surface area contributed by atoms with Gasteiger partial charge in [-0.25, -0.2) is 0 Å². The summed E-state index contributed by atoms with van der Waals surface area (Å²) in [6, 6.07) is 2.81. The van der Waals surface area contributed by atoms with Crippen LogP contribution in [0.5, 0.6) is 0 Å². The smallest absolute Gasteiger partial charge is 0.0758 e. The normalized spacial score (nSPS) is 25.5. The Morgan fingerprint density at radius 1 is 1.42 bits per heavy atom. The molecule has 3 atom stereocenters.